The molecule has 17 amide bonds. The highest BCUT2D eigenvalue weighted by molar-refractivity contribution is 8.00. The predicted molar refractivity (Wildman–Crippen MR) is 498 cm³/mol. The number of carbonyl (C=O) groups is 17. The Labute approximate surface area is 785 Å². The van der Waals surface area contributed by atoms with Gasteiger partial charge in [-0.15, -0.1) is 11.8 Å². The molecule has 3 aromatic carbocycles. The SMILES string of the molecule is CCCC[C@H]1C(=O)N(C)[C@@H](CCCC)C(=O)N[C@@H](CCCN)C(=O)N[C@H](C(=O)NCC(N)=O)CSCC(=O)N[C@@H](Cc2ccc(O)cc2)C(=O)N2C[C@H](N)C[C@H]2C(=O)N[C@@H](CC(N)=O)C(=O)N2CCC[C@H]2C(=O)N[C@@H](CC2=CN=CC2)C(=O)N[C@@H](CC(C)C)C(=O)N2C[C@H](O)C[C@H]2C(=O)N[C@@H](Cc2c[nH]c3ccccc23)C(=O)N[C@@H](CO)C(=O)N[C@@H](Cc2c[nH]c3ccccc23)C(=O)N1C. The molecule has 23 N–H and O–H groups in total. The Morgan fingerprint density at radius 2 is 1.07 bits per heavy atom. The minimum Gasteiger partial charge on any atom is -0.508 e. The Morgan fingerprint density at radius 1 is 0.548 bits per heavy atom. The van der Waals surface area contributed by atoms with Crippen LogP contribution < -0.4 is 76.1 Å². The molecule has 2 aromatic heterocycles. The van der Waals surface area contributed by atoms with Crippen molar-refractivity contribution in [2.24, 2.45) is 33.8 Å². The summed E-state index contributed by atoms with van der Waals surface area (Å²) in [5, 5.41) is 61.0. The van der Waals surface area contributed by atoms with Crippen molar-refractivity contribution in [2.45, 2.75) is 246 Å². The Bertz CT molecular complexity index is 5180. The van der Waals surface area contributed by atoms with Crippen molar-refractivity contribution in [2.75, 3.05) is 64.9 Å². The van der Waals surface area contributed by atoms with Crippen LogP contribution in [0.5, 0.6) is 5.75 Å². The van der Waals surface area contributed by atoms with E-state index in [9.17, 15) is 48.9 Å². The molecule has 732 valence electrons. The van der Waals surface area contributed by atoms with Crippen LogP contribution in [0.25, 0.3) is 21.8 Å². The molecule has 135 heavy (non-hydrogen) atoms. The molecule has 0 radical (unpaired) electrons. The smallest absolute Gasteiger partial charge is 0.246 e. The van der Waals surface area contributed by atoms with Crippen molar-refractivity contribution in [3.63, 3.8) is 0 Å². The zero-order valence-electron chi connectivity index (χ0n) is 76.8. The summed E-state index contributed by atoms with van der Waals surface area (Å²) < 4.78 is 0. The maximum Gasteiger partial charge on any atom is 0.246 e. The number of nitrogens with one attached hydrogen (secondary N) is 12. The first-order chi connectivity index (χ1) is 64.5. The summed E-state index contributed by atoms with van der Waals surface area (Å²) in [4.78, 5) is 268. The van der Waals surface area contributed by atoms with Crippen molar-refractivity contribution in [1.82, 2.24) is 87.6 Å². The Morgan fingerprint density at radius 3 is 1.67 bits per heavy atom. The van der Waals surface area contributed by atoms with Gasteiger partial charge in [0.1, 0.15) is 90.3 Å². The van der Waals surface area contributed by atoms with Crippen molar-refractivity contribution in [3.8, 4) is 5.75 Å². The number of aromatic hydroxyl groups is 1. The monoisotopic (exact) mass is 1890 g/mol. The van der Waals surface area contributed by atoms with E-state index in [1.807, 2.05) is 13.8 Å². The van der Waals surface area contributed by atoms with Gasteiger partial charge in [0, 0.05) is 124 Å². The van der Waals surface area contributed by atoms with Gasteiger partial charge >= 0.3 is 0 Å². The number of benzene rings is 3. The third-order valence-electron chi connectivity index (χ3n) is 24.8. The normalized spacial score (nSPS) is 26.2. The summed E-state index contributed by atoms with van der Waals surface area (Å²) >= 11 is 0.782. The molecule has 0 bridgehead atoms. The summed E-state index contributed by atoms with van der Waals surface area (Å²) in [6, 6.07) is -2.70. The number of primary amides is 2. The van der Waals surface area contributed by atoms with Crippen LogP contribution in [0.15, 0.2) is 102 Å². The van der Waals surface area contributed by atoms with Crippen molar-refractivity contribution in [1.29, 1.82) is 0 Å². The number of amides is 17. The van der Waals surface area contributed by atoms with E-state index in [0.29, 0.717) is 69.8 Å². The molecule has 0 aliphatic carbocycles. The average molecular weight is 1890 g/mol. The van der Waals surface area contributed by atoms with E-state index in [4.69, 9.17) is 22.9 Å². The van der Waals surface area contributed by atoms with E-state index < -0.39 is 235 Å². The van der Waals surface area contributed by atoms with Gasteiger partial charge in [-0.3, -0.25) is 86.5 Å². The lowest BCUT2D eigenvalue weighted by Gasteiger charge is -2.36. The van der Waals surface area contributed by atoms with Crippen LogP contribution in [0.1, 0.15) is 147 Å². The van der Waals surface area contributed by atoms with Gasteiger partial charge < -0.3 is 126 Å². The maximum absolute atomic E-state index is 15.7. The number of likely N-dealkylation sites (N-methyl/N-ethyl adjacent to an activating group) is 2. The molecule has 43 heteroatoms. The number of fused-ring (bicyclic) bond motifs is 5. The number of H-pyrrole nitrogens is 2. The molecular formula is C92H128N22O20S. The largest absolute Gasteiger partial charge is 0.508 e. The van der Waals surface area contributed by atoms with Crippen molar-refractivity contribution < 1.29 is 96.8 Å². The maximum atomic E-state index is 15.7. The summed E-state index contributed by atoms with van der Waals surface area (Å²) in [6.07, 6.45) is 4.55. The van der Waals surface area contributed by atoms with Gasteiger partial charge in [-0.1, -0.05) is 102 Å². The fraction of sp³-hybridized carbons (Fsp3) is 0.543. The molecule has 42 nitrogen and oxygen atoms in total. The molecule has 5 aliphatic heterocycles. The Balaban J connectivity index is 1.02. The van der Waals surface area contributed by atoms with Crippen LogP contribution in [0.4, 0.5) is 0 Å². The number of thioether (sulfide) groups is 1. The molecule has 5 aliphatic rings. The number of rotatable bonds is 25. The van der Waals surface area contributed by atoms with Crippen LogP contribution in [-0.4, -0.2) is 318 Å². The first-order valence-corrected chi connectivity index (χ1v) is 47.1. The topological polar surface area (TPSA) is 635 Å². The van der Waals surface area contributed by atoms with E-state index in [0.717, 1.165) is 31.4 Å². The van der Waals surface area contributed by atoms with Crippen LogP contribution in [-0.2, 0) is 101 Å². The molecular weight excluding hydrogens is 1770 g/mol. The third kappa shape index (κ3) is 28.1. The number of para-hydroxylation sites is 2. The van der Waals surface area contributed by atoms with Crippen molar-refractivity contribution >= 4 is 140 Å². The highest BCUT2D eigenvalue weighted by Gasteiger charge is 2.48. The minimum absolute atomic E-state index is 0.000651. The molecule has 16 atom stereocenters. The molecule has 0 unspecified atom stereocenters. The zero-order chi connectivity index (χ0) is 98.0. The number of phenolic OH excluding ortho intramolecular Hbond substituents is 1. The van der Waals surface area contributed by atoms with Crippen LogP contribution in [0.2, 0.25) is 0 Å². The molecule has 7 heterocycles. The first-order valence-electron chi connectivity index (χ1n) is 45.9. The molecule has 4 saturated heterocycles. The van der Waals surface area contributed by atoms with E-state index >= 15 is 47.9 Å². The Hall–Kier alpha value is -12.9. The van der Waals surface area contributed by atoms with Crippen molar-refractivity contribution in [3.05, 3.63) is 114 Å². The van der Waals surface area contributed by atoms with E-state index in [1.54, 1.807) is 81.0 Å². The average Bonchev–Trinajstić information content (AvgIpc) is 1.79. The third-order valence-corrected chi connectivity index (χ3v) is 25.9. The number of aromatic amines is 2. The number of aliphatic hydroxyl groups excluding tert-OH is 2. The van der Waals surface area contributed by atoms with Gasteiger partial charge in [-0.05, 0) is 117 Å². The predicted octanol–water partition coefficient (Wildman–Crippen LogP) is -2.59. The quantitative estimate of drug-likeness (QED) is 0.0285. The standard InChI is InChI=1S/C92H128N22O20S/c1-7-9-22-71-84(126)102-62(21-15-30-93)80(122)109-70(79(121)100-44-77(96)119)48-135-49-78(120)101-66(34-51-25-27-56(116)28-26-51)91(133)113-45-55(94)38-74(113)86(128)107-68(40-76(95)118)89(131)112-32-16-24-72(112)85(127)103-63(35-52-29-31-97-41-52)81(123)105-65(33-50(3)4)90(132)114-46-57(117)39-75(114)87(129)104-64(36-53-42-98-60-19-13-11-17-58(53)60)82(124)108-69(47-115)83(125)106-67(37-54-43-99-61-20-14-12-18-59(54)61)88(130)111(6)73(23-10-8-2)92(134)110(71)5/h11-14,17-20,25-28,31,41-43,50,55,57,62-75,98-99,115-117H,7-10,15-16,21-24,29-30,32-40,44-49,93-94H2,1-6H3,(H2,95,118)(H2,96,119)(H,100,121)(H,101,120)(H,102,126)(H,103,127)(H,104,129)(H,105,123)(H,106,125)(H,107,128)(H,108,124)(H,109,122)/t55-,57-,62+,63+,64+,65+,66+,67+,68+,69+,70+,71+,72+,73+,74+,75+/m1/s1. The van der Waals surface area contributed by atoms with E-state index in [-0.39, 0.29) is 121 Å². The number of nitrogens with zero attached hydrogens (tertiary/aromatic N) is 6. The summed E-state index contributed by atoms with van der Waals surface area (Å²) in [6.45, 7) is 4.56. The second-order valence-electron chi connectivity index (χ2n) is 35.5. The second kappa shape index (κ2) is 49.4. The fourth-order valence-electron chi connectivity index (χ4n) is 17.7. The number of carbonyl (C=O) groups excluding carboxylic acids is 17. The van der Waals surface area contributed by atoms with Crippen LogP contribution in [0.3, 0.4) is 0 Å². The number of unbranched alkanes of at least 4 members (excludes halogenated alkanes) is 2. The molecule has 4 fully saturated rings. The number of aromatic nitrogens is 2. The summed E-state index contributed by atoms with van der Waals surface area (Å²) in [5.74, 6) is -17.2. The van der Waals surface area contributed by atoms with Gasteiger partial charge in [-0.25, -0.2) is 0 Å². The number of hydrogen-bond acceptors (Lipinski definition) is 24. The molecule has 10 rings (SSSR count). The lowest BCUT2D eigenvalue weighted by atomic mass is 9.99. The minimum atomic E-state index is -1.88. The number of phenols is 1. The second-order valence-corrected chi connectivity index (χ2v) is 36.6. The summed E-state index contributed by atoms with van der Waals surface area (Å²) in [5.41, 5.74) is 27.0. The van der Waals surface area contributed by atoms with E-state index in [1.165, 1.54) is 49.5 Å². The molecule has 0 saturated carbocycles. The number of hydrogen-bond donors (Lipinski definition) is 19. The molecule has 0 spiro atoms. The highest BCUT2D eigenvalue weighted by atomic mass is 32.2. The number of aliphatic hydroxyl groups is 2. The van der Waals surface area contributed by atoms with Gasteiger partial charge in [0.25, 0.3) is 0 Å². The van der Waals surface area contributed by atoms with Crippen LogP contribution in [0, 0.1) is 5.92 Å². The fourth-order valence-corrected chi connectivity index (χ4v) is 18.5. The molecule has 5 aromatic rings. The zero-order valence-corrected chi connectivity index (χ0v) is 77.6. The van der Waals surface area contributed by atoms with Crippen LogP contribution >= 0.6 is 11.8 Å². The Kier molecular flexibility index (Phi) is 38.1. The number of aliphatic imine (C=N–C) groups is 1. The lowest BCUT2D eigenvalue weighted by Crippen LogP contribution is -2.61. The van der Waals surface area contributed by atoms with Gasteiger partial charge in [-0.2, -0.15) is 0 Å². The van der Waals surface area contributed by atoms with Gasteiger partial charge in [0.05, 0.1) is 31.4 Å². The van der Waals surface area contributed by atoms with E-state index in [2.05, 4.69) is 68.1 Å². The lowest BCUT2D eigenvalue weighted by molar-refractivity contribution is -0.149. The van der Waals surface area contributed by atoms with Gasteiger partial charge in [0.2, 0.25) is 100 Å². The number of nitrogens with two attached hydrogens (primary N) is 4. The highest BCUT2D eigenvalue weighted by Crippen LogP contribution is 2.30. The summed E-state index contributed by atoms with van der Waals surface area (Å²) in [7, 11) is 2.72. The first kappa shape index (κ1) is 104. The van der Waals surface area contributed by atoms with Gasteiger partial charge in [0.15, 0.2) is 0 Å².